The second-order valence-corrected chi connectivity index (χ2v) is 3.10. The normalized spacial score (nSPS) is 9.75. The summed E-state index contributed by atoms with van der Waals surface area (Å²) in [5.74, 6) is -0.173. The Morgan fingerprint density at radius 1 is 1.44 bits per heavy atom. The highest BCUT2D eigenvalue weighted by atomic mass is 19.1. The molecule has 0 bridgehead atoms. The van der Waals surface area contributed by atoms with Crippen LogP contribution in [0.5, 0.6) is 0 Å². The maximum atomic E-state index is 12.9. The first kappa shape index (κ1) is 10.1. The van der Waals surface area contributed by atoms with Crippen LogP contribution in [0.15, 0.2) is 35.3 Å². The fourth-order valence-corrected chi connectivity index (χ4v) is 1.26. The van der Waals surface area contributed by atoms with Crippen molar-refractivity contribution in [2.45, 2.75) is 0 Å². The maximum Gasteiger partial charge on any atom is 0.269 e. The minimum Gasteiger partial charge on any atom is -0.305 e. The molecule has 0 saturated carbocycles. The third-order valence-electron chi connectivity index (χ3n) is 2.02. The van der Waals surface area contributed by atoms with Crippen LogP contribution in [-0.2, 0) is 0 Å². The smallest absolute Gasteiger partial charge is 0.269 e. The Morgan fingerprint density at radius 2 is 2.25 bits per heavy atom. The molecule has 5 heteroatoms. The van der Waals surface area contributed by atoms with Gasteiger partial charge < -0.3 is 4.98 Å². The molecule has 2 aromatic rings. The fraction of sp³-hybridized carbons (Fsp3) is 0. The molecule has 1 aromatic heterocycles. The number of hydrogen-bond acceptors (Lipinski definition) is 3. The van der Waals surface area contributed by atoms with E-state index in [1.54, 1.807) is 12.1 Å². The van der Waals surface area contributed by atoms with Gasteiger partial charge in [0.25, 0.3) is 5.56 Å². The van der Waals surface area contributed by atoms with E-state index in [-0.39, 0.29) is 11.4 Å². The molecule has 0 amide bonds. The van der Waals surface area contributed by atoms with Gasteiger partial charge in [-0.1, -0.05) is 12.1 Å². The summed E-state index contributed by atoms with van der Waals surface area (Å²) < 4.78 is 12.9. The molecule has 0 fully saturated rings. The van der Waals surface area contributed by atoms with Crippen LogP contribution in [0.1, 0.15) is 5.56 Å². The standard InChI is InChI=1S/C11H6FN3O/c12-9-3-1-2-7(4-9)10-14-6-8(5-13)11(16)15-10/h1-4,6H,(H,14,15,16). The molecule has 78 valence electrons. The number of rotatable bonds is 1. The molecular formula is C11H6FN3O. The summed E-state index contributed by atoms with van der Waals surface area (Å²) in [6.45, 7) is 0. The summed E-state index contributed by atoms with van der Waals surface area (Å²) in [6.07, 6.45) is 1.17. The minimum atomic E-state index is -0.531. The molecule has 0 unspecified atom stereocenters. The van der Waals surface area contributed by atoms with Crippen molar-refractivity contribution < 1.29 is 4.39 Å². The lowest BCUT2D eigenvalue weighted by atomic mass is 10.2. The minimum absolute atomic E-state index is 0.0693. The number of aromatic amines is 1. The molecule has 1 heterocycles. The van der Waals surface area contributed by atoms with Crippen LogP contribution in [0.3, 0.4) is 0 Å². The molecular weight excluding hydrogens is 209 g/mol. The lowest BCUT2D eigenvalue weighted by Crippen LogP contribution is -2.12. The van der Waals surface area contributed by atoms with Crippen molar-refractivity contribution in [3.8, 4) is 17.5 Å². The number of hydrogen-bond donors (Lipinski definition) is 1. The number of benzene rings is 1. The summed E-state index contributed by atoms with van der Waals surface area (Å²) in [6, 6.07) is 7.39. The third kappa shape index (κ3) is 1.81. The van der Waals surface area contributed by atoms with E-state index in [0.717, 1.165) is 0 Å². The van der Waals surface area contributed by atoms with Crippen LogP contribution in [0.2, 0.25) is 0 Å². The monoisotopic (exact) mass is 215 g/mol. The van der Waals surface area contributed by atoms with Gasteiger partial charge in [-0.2, -0.15) is 5.26 Å². The number of nitriles is 1. The lowest BCUT2D eigenvalue weighted by Gasteiger charge is -2.00. The number of halogens is 1. The average Bonchev–Trinajstić information content (AvgIpc) is 2.29. The second kappa shape index (κ2) is 3.95. The second-order valence-electron chi connectivity index (χ2n) is 3.10. The van der Waals surface area contributed by atoms with Crippen molar-refractivity contribution in [2.75, 3.05) is 0 Å². The first-order valence-electron chi connectivity index (χ1n) is 4.46. The highest BCUT2D eigenvalue weighted by Crippen LogP contribution is 2.13. The zero-order valence-corrected chi connectivity index (χ0v) is 8.07. The Labute approximate surface area is 90.0 Å². The van der Waals surface area contributed by atoms with Crippen molar-refractivity contribution in [3.05, 3.63) is 52.2 Å². The van der Waals surface area contributed by atoms with Gasteiger partial charge in [-0.3, -0.25) is 4.79 Å². The van der Waals surface area contributed by atoms with Crippen molar-refractivity contribution in [2.24, 2.45) is 0 Å². The van der Waals surface area contributed by atoms with Gasteiger partial charge in [0.2, 0.25) is 0 Å². The predicted octanol–water partition coefficient (Wildman–Crippen LogP) is 1.45. The molecule has 0 aliphatic heterocycles. The van der Waals surface area contributed by atoms with E-state index in [0.29, 0.717) is 5.56 Å². The van der Waals surface area contributed by atoms with Crippen molar-refractivity contribution in [1.82, 2.24) is 9.97 Å². The van der Waals surface area contributed by atoms with E-state index >= 15 is 0 Å². The van der Waals surface area contributed by atoms with E-state index in [1.807, 2.05) is 0 Å². The summed E-state index contributed by atoms with van der Waals surface area (Å²) in [5, 5.41) is 8.55. The molecule has 0 aliphatic rings. The lowest BCUT2D eigenvalue weighted by molar-refractivity contribution is 0.628. The first-order valence-corrected chi connectivity index (χ1v) is 4.46. The van der Waals surface area contributed by atoms with E-state index in [2.05, 4.69) is 9.97 Å². The average molecular weight is 215 g/mol. The Kier molecular flexibility index (Phi) is 2.48. The van der Waals surface area contributed by atoms with Gasteiger partial charge in [0.05, 0.1) is 6.20 Å². The number of aromatic nitrogens is 2. The molecule has 0 atom stereocenters. The van der Waals surface area contributed by atoms with Gasteiger partial charge in [-0.25, -0.2) is 9.37 Å². The van der Waals surface area contributed by atoms with E-state index in [9.17, 15) is 9.18 Å². The summed E-state index contributed by atoms with van der Waals surface area (Å²) in [7, 11) is 0. The zero-order valence-electron chi connectivity index (χ0n) is 8.07. The Balaban J connectivity index is 2.55. The van der Waals surface area contributed by atoms with E-state index < -0.39 is 11.4 Å². The summed E-state index contributed by atoms with van der Waals surface area (Å²) >= 11 is 0. The fourth-order valence-electron chi connectivity index (χ4n) is 1.26. The maximum absolute atomic E-state index is 12.9. The summed E-state index contributed by atoms with van der Waals surface area (Å²) in [5.41, 5.74) is -0.140. The molecule has 2 rings (SSSR count). The topological polar surface area (TPSA) is 69.5 Å². The zero-order chi connectivity index (χ0) is 11.5. The molecule has 0 radical (unpaired) electrons. The summed E-state index contributed by atoms with van der Waals surface area (Å²) in [4.78, 5) is 17.6. The van der Waals surface area contributed by atoms with Gasteiger partial charge in [0.1, 0.15) is 23.3 Å². The molecule has 1 N–H and O–H groups in total. The van der Waals surface area contributed by atoms with Gasteiger partial charge in [-0.15, -0.1) is 0 Å². The molecule has 1 aromatic carbocycles. The molecule has 0 aliphatic carbocycles. The van der Waals surface area contributed by atoms with Crippen LogP contribution in [0, 0.1) is 17.1 Å². The number of nitrogens with one attached hydrogen (secondary N) is 1. The van der Waals surface area contributed by atoms with Gasteiger partial charge in [-0.05, 0) is 12.1 Å². The van der Waals surface area contributed by atoms with Crippen LogP contribution in [-0.4, -0.2) is 9.97 Å². The van der Waals surface area contributed by atoms with E-state index in [1.165, 1.54) is 24.4 Å². The predicted molar refractivity (Wildman–Crippen MR) is 55.0 cm³/mol. The first-order chi connectivity index (χ1) is 7.70. The third-order valence-corrected chi connectivity index (χ3v) is 2.02. The molecule has 16 heavy (non-hydrogen) atoms. The Hall–Kier alpha value is -2.48. The van der Waals surface area contributed by atoms with Crippen molar-refractivity contribution >= 4 is 0 Å². The van der Waals surface area contributed by atoms with Crippen LogP contribution in [0.4, 0.5) is 4.39 Å². The SMILES string of the molecule is N#Cc1cnc(-c2cccc(F)c2)[nH]c1=O. The van der Waals surface area contributed by atoms with Crippen LogP contribution in [0.25, 0.3) is 11.4 Å². The highest BCUT2D eigenvalue weighted by molar-refractivity contribution is 5.54. The van der Waals surface area contributed by atoms with E-state index in [4.69, 9.17) is 5.26 Å². The van der Waals surface area contributed by atoms with Gasteiger partial charge in [0, 0.05) is 5.56 Å². The number of H-pyrrole nitrogens is 1. The quantitative estimate of drug-likeness (QED) is 0.782. The van der Waals surface area contributed by atoms with Crippen LogP contribution < -0.4 is 5.56 Å². The van der Waals surface area contributed by atoms with Crippen molar-refractivity contribution in [3.63, 3.8) is 0 Å². The molecule has 4 nitrogen and oxygen atoms in total. The highest BCUT2D eigenvalue weighted by Gasteiger charge is 2.04. The van der Waals surface area contributed by atoms with Crippen molar-refractivity contribution in [1.29, 1.82) is 5.26 Å². The molecule has 0 spiro atoms. The Bertz CT molecular complexity index is 628. The Morgan fingerprint density at radius 3 is 2.88 bits per heavy atom. The van der Waals surface area contributed by atoms with Crippen LogP contribution >= 0.6 is 0 Å². The largest absolute Gasteiger partial charge is 0.305 e. The number of nitrogens with zero attached hydrogens (tertiary/aromatic N) is 2. The van der Waals surface area contributed by atoms with Gasteiger partial charge in [0.15, 0.2) is 0 Å². The molecule has 0 saturated heterocycles. The van der Waals surface area contributed by atoms with Gasteiger partial charge >= 0.3 is 0 Å².